The summed E-state index contributed by atoms with van der Waals surface area (Å²) in [6.45, 7) is 3.10. The monoisotopic (exact) mass is 277 g/mol. The number of halogens is 1. The maximum absolute atomic E-state index is 6.12. The van der Waals surface area contributed by atoms with Gasteiger partial charge in [-0.1, -0.05) is 23.7 Å². The van der Waals surface area contributed by atoms with Crippen LogP contribution >= 0.6 is 11.6 Å². The lowest BCUT2D eigenvalue weighted by Gasteiger charge is -2.10. The predicted octanol–water partition coefficient (Wildman–Crippen LogP) is 2.06. The van der Waals surface area contributed by atoms with Crippen molar-refractivity contribution in [2.45, 2.75) is 6.92 Å². The molecule has 0 aliphatic carbocycles. The average molecular weight is 278 g/mol. The van der Waals surface area contributed by atoms with Crippen molar-refractivity contribution in [1.29, 1.82) is 0 Å². The normalized spacial score (nSPS) is 10.5. The number of nitrogens with zero attached hydrogens (tertiary/aromatic N) is 2. The number of aromatic nitrogens is 2. The van der Waals surface area contributed by atoms with Crippen molar-refractivity contribution in [3.63, 3.8) is 0 Å². The number of nitrogen functional groups attached to an aromatic ring is 1. The lowest BCUT2D eigenvalue weighted by molar-refractivity contribution is 1.01. The van der Waals surface area contributed by atoms with Crippen LogP contribution in [-0.2, 0) is 0 Å². The fourth-order valence-electron chi connectivity index (χ4n) is 1.78. The average Bonchev–Trinajstić information content (AvgIpc) is 2.39. The van der Waals surface area contributed by atoms with Crippen molar-refractivity contribution in [1.82, 2.24) is 9.97 Å². The van der Waals surface area contributed by atoms with Crippen LogP contribution in [0.15, 0.2) is 24.3 Å². The lowest BCUT2D eigenvalue weighted by Crippen LogP contribution is -2.14. The maximum Gasteiger partial charge on any atom is 0.222 e. The highest BCUT2D eigenvalue weighted by molar-refractivity contribution is 6.31. The number of rotatable bonds is 4. The van der Waals surface area contributed by atoms with E-state index in [-0.39, 0.29) is 5.95 Å². The highest BCUT2D eigenvalue weighted by Crippen LogP contribution is 2.28. The Morgan fingerprint density at radius 3 is 2.84 bits per heavy atom. The Balaban J connectivity index is 2.44. The van der Waals surface area contributed by atoms with Gasteiger partial charge in [0.15, 0.2) is 0 Å². The van der Waals surface area contributed by atoms with Crippen LogP contribution in [0, 0.1) is 6.92 Å². The van der Waals surface area contributed by atoms with E-state index >= 15 is 0 Å². The Kier molecular flexibility index (Phi) is 4.19. The molecule has 1 heterocycles. The van der Waals surface area contributed by atoms with Crippen molar-refractivity contribution in [3.05, 3.63) is 34.9 Å². The summed E-state index contributed by atoms with van der Waals surface area (Å²) in [5, 5.41) is 3.79. The Morgan fingerprint density at radius 2 is 2.11 bits per heavy atom. The van der Waals surface area contributed by atoms with Crippen molar-refractivity contribution in [3.8, 4) is 11.3 Å². The van der Waals surface area contributed by atoms with Crippen LogP contribution in [0.2, 0.25) is 5.02 Å². The van der Waals surface area contributed by atoms with Crippen molar-refractivity contribution >= 4 is 23.4 Å². The van der Waals surface area contributed by atoms with Crippen molar-refractivity contribution < 1.29 is 0 Å². The zero-order valence-corrected chi connectivity index (χ0v) is 11.4. The lowest BCUT2D eigenvalue weighted by atomic mass is 10.1. The maximum atomic E-state index is 6.12. The number of nitrogens with one attached hydrogen (secondary N) is 1. The summed E-state index contributed by atoms with van der Waals surface area (Å²) in [6.07, 6.45) is 0. The van der Waals surface area contributed by atoms with Gasteiger partial charge in [0.25, 0.3) is 0 Å². The third kappa shape index (κ3) is 3.13. The third-order valence-corrected chi connectivity index (χ3v) is 3.15. The molecule has 0 atom stereocenters. The second-order valence-electron chi connectivity index (χ2n) is 4.12. The third-order valence-electron chi connectivity index (χ3n) is 2.74. The van der Waals surface area contributed by atoms with Gasteiger partial charge in [-0.3, -0.25) is 0 Å². The van der Waals surface area contributed by atoms with Crippen LogP contribution in [0.5, 0.6) is 0 Å². The molecule has 0 radical (unpaired) electrons. The van der Waals surface area contributed by atoms with Gasteiger partial charge >= 0.3 is 0 Å². The molecular formula is C13H16ClN5. The van der Waals surface area contributed by atoms with Crippen molar-refractivity contribution in [2.75, 3.05) is 24.1 Å². The molecule has 2 rings (SSSR count). The van der Waals surface area contributed by atoms with E-state index in [9.17, 15) is 0 Å². The SMILES string of the molecule is Cc1c(Cl)cccc1-c1cc(NCCN)nc(N)n1. The minimum absolute atomic E-state index is 0.219. The first-order valence-electron chi connectivity index (χ1n) is 5.96. The van der Waals surface area contributed by atoms with Crippen LogP contribution in [0.3, 0.4) is 0 Å². The molecule has 0 amide bonds. The molecule has 100 valence electrons. The minimum Gasteiger partial charge on any atom is -0.369 e. The highest BCUT2D eigenvalue weighted by Gasteiger charge is 2.09. The molecule has 1 aromatic heterocycles. The summed E-state index contributed by atoms with van der Waals surface area (Å²) in [7, 11) is 0. The minimum atomic E-state index is 0.219. The van der Waals surface area contributed by atoms with E-state index in [1.807, 2.05) is 31.2 Å². The van der Waals surface area contributed by atoms with Crippen molar-refractivity contribution in [2.24, 2.45) is 5.73 Å². The van der Waals surface area contributed by atoms with E-state index in [0.717, 1.165) is 16.8 Å². The van der Waals surface area contributed by atoms with Crippen LogP contribution in [0.1, 0.15) is 5.56 Å². The number of hydrogen-bond donors (Lipinski definition) is 3. The van der Waals surface area contributed by atoms with Gasteiger partial charge in [0.1, 0.15) is 5.82 Å². The molecule has 0 spiro atoms. The summed E-state index contributed by atoms with van der Waals surface area (Å²) in [5.74, 6) is 0.878. The molecule has 1 aromatic carbocycles. The van der Waals surface area contributed by atoms with Crippen LogP contribution < -0.4 is 16.8 Å². The summed E-state index contributed by atoms with van der Waals surface area (Å²) >= 11 is 6.12. The van der Waals surface area contributed by atoms with Gasteiger partial charge in [0.2, 0.25) is 5.95 Å². The second kappa shape index (κ2) is 5.86. The number of hydrogen-bond acceptors (Lipinski definition) is 5. The molecule has 6 heteroatoms. The first-order chi connectivity index (χ1) is 9.11. The Labute approximate surface area is 117 Å². The molecule has 2 aromatic rings. The molecule has 5 nitrogen and oxygen atoms in total. The van der Waals surface area contributed by atoms with Gasteiger partial charge in [-0.05, 0) is 18.6 Å². The van der Waals surface area contributed by atoms with Gasteiger partial charge in [-0.25, -0.2) is 4.98 Å². The summed E-state index contributed by atoms with van der Waals surface area (Å²) < 4.78 is 0. The molecular weight excluding hydrogens is 262 g/mol. The molecule has 19 heavy (non-hydrogen) atoms. The molecule has 0 fully saturated rings. The van der Waals surface area contributed by atoms with Gasteiger partial charge in [-0.15, -0.1) is 0 Å². The number of anilines is 2. The zero-order chi connectivity index (χ0) is 13.8. The van der Waals surface area contributed by atoms with Gasteiger partial charge in [-0.2, -0.15) is 4.98 Å². The Hall–Kier alpha value is -1.85. The number of nitrogens with two attached hydrogens (primary N) is 2. The van der Waals surface area contributed by atoms with E-state index in [2.05, 4.69) is 15.3 Å². The zero-order valence-electron chi connectivity index (χ0n) is 10.7. The van der Waals surface area contributed by atoms with E-state index in [0.29, 0.717) is 23.9 Å². The molecule has 0 saturated carbocycles. The standard InChI is InChI=1S/C13H16ClN5/c1-8-9(3-2-4-10(8)14)11-7-12(17-6-5-15)19-13(16)18-11/h2-4,7H,5-6,15H2,1H3,(H3,16,17,18,19). The smallest absolute Gasteiger partial charge is 0.222 e. The predicted molar refractivity (Wildman–Crippen MR) is 79.2 cm³/mol. The number of benzene rings is 1. The summed E-state index contributed by atoms with van der Waals surface area (Å²) in [4.78, 5) is 8.37. The molecule has 5 N–H and O–H groups in total. The topological polar surface area (TPSA) is 89.8 Å². The summed E-state index contributed by atoms with van der Waals surface area (Å²) in [6, 6.07) is 7.52. The van der Waals surface area contributed by atoms with Crippen LogP contribution in [0.4, 0.5) is 11.8 Å². The van der Waals surface area contributed by atoms with Gasteiger partial charge < -0.3 is 16.8 Å². The van der Waals surface area contributed by atoms with Gasteiger partial charge in [0, 0.05) is 29.7 Å². The fourth-order valence-corrected chi connectivity index (χ4v) is 1.95. The highest BCUT2D eigenvalue weighted by atomic mass is 35.5. The van der Waals surface area contributed by atoms with Crippen LogP contribution in [0.25, 0.3) is 11.3 Å². The molecule has 0 unspecified atom stereocenters. The fraction of sp³-hybridized carbons (Fsp3) is 0.231. The second-order valence-corrected chi connectivity index (χ2v) is 4.53. The first-order valence-corrected chi connectivity index (χ1v) is 6.33. The largest absolute Gasteiger partial charge is 0.369 e. The molecule has 0 aliphatic rings. The summed E-state index contributed by atoms with van der Waals surface area (Å²) in [5.41, 5.74) is 13.8. The van der Waals surface area contributed by atoms with E-state index in [1.165, 1.54) is 0 Å². The van der Waals surface area contributed by atoms with E-state index in [1.54, 1.807) is 0 Å². The van der Waals surface area contributed by atoms with E-state index in [4.69, 9.17) is 23.1 Å². The van der Waals surface area contributed by atoms with E-state index < -0.39 is 0 Å². The first kappa shape index (κ1) is 13.6. The van der Waals surface area contributed by atoms with Crippen LogP contribution in [-0.4, -0.2) is 23.1 Å². The Bertz CT molecular complexity index is 585. The Morgan fingerprint density at radius 1 is 1.32 bits per heavy atom. The van der Waals surface area contributed by atoms with Gasteiger partial charge in [0.05, 0.1) is 5.69 Å². The molecule has 0 aliphatic heterocycles. The molecule has 0 bridgehead atoms. The quantitative estimate of drug-likeness (QED) is 0.796. The molecule has 0 saturated heterocycles.